The summed E-state index contributed by atoms with van der Waals surface area (Å²) >= 11 is 0. The molecule has 1 aliphatic heterocycles. The van der Waals surface area contributed by atoms with Gasteiger partial charge in [0, 0.05) is 24.9 Å². The first-order valence-electron chi connectivity index (χ1n) is 9.40. The maximum atomic E-state index is 13.0. The first kappa shape index (κ1) is 16.7. The minimum Gasteiger partial charge on any atom is -0.372 e. The highest BCUT2D eigenvalue weighted by atomic mass is 16.5. The predicted molar refractivity (Wildman–Crippen MR) is 93.8 cm³/mol. The van der Waals surface area contributed by atoms with Crippen LogP contribution in [0.15, 0.2) is 36.7 Å². The SMILES string of the molecule is O=C([C@H]1CC=CCC1)N1CCO[C@H]2[C@@H](OCc3cccnc3)CC[C@@H]21. The fraction of sp³-hybridized carbons (Fsp3) is 0.600. The number of hydrogen-bond acceptors (Lipinski definition) is 4. The summed E-state index contributed by atoms with van der Waals surface area (Å²) in [6.07, 6.45) is 12.8. The second-order valence-corrected chi connectivity index (χ2v) is 7.20. The Morgan fingerprint density at radius 1 is 1.32 bits per heavy atom. The van der Waals surface area contributed by atoms with Gasteiger partial charge in [-0.25, -0.2) is 0 Å². The van der Waals surface area contributed by atoms with Gasteiger partial charge >= 0.3 is 0 Å². The van der Waals surface area contributed by atoms with Crippen molar-refractivity contribution in [2.45, 2.75) is 57.0 Å². The number of pyridine rings is 1. The third-order valence-corrected chi connectivity index (χ3v) is 5.62. The number of carbonyl (C=O) groups is 1. The van der Waals surface area contributed by atoms with Crippen molar-refractivity contribution in [3.8, 4) is 0 Å². The lowest BCUT2D eigenvalue weighted by molar-refractivity contribution is -0.156. The zero-order valence-corrected chi connectivity index (χ0v) is 14.5. The first-order chi connectivity index (χ1) is 12.3. The summed E-state index contributed by atoms with van der Waals surface area (Å²) in [6.45, 7) is 1.88. The first-order valence-corrected chi connectivity index (χ1v) is 9.40. The molecule has 0 radical (unpaired) electrons. The minimum absolute atomic E-state index is 0.00787. The number of nitrogens with zero attached hydrogens (tertiary/aromatic N) is 2. The zero-order chi connectivity index (χ0) is 17.1. The Labute approximate surface area is 149 Å². The van der Waals surface area contributed by atoms with Gasteiger partial charge in [-0.3, -0.25) is 9.78 Å². The molecule has 2 heterocycles. The third-order valence-electron chi connectivity index (χ3n) is 5.62. The number of aromatic nitrogens is 1. The van der Waals surface area contributed by atoms with E-state index in [0.29, 0.717) is 19.1 Å². The van der Waals surface area contributed by atoms with Gasteiger partial charge in [0.25, 0.3) is 0 Å². The highest BCUT2D eigenvalue weighted by Crippen LogP contribution is 2.34. The van der Waals surface area contributed by atoms with Crippen molar-refractivity contribution in [2.24, 2.45) is 5.92 Å². The molecule has 1 aromatic heterocycles. The molecule has 0 N–H and O–H groups in total. The Balaban J connectivity index is 1.38. The van der Waals surface area contributed by atoms with Gasteiger partial charge < -0.3 is 14.4 Å². The number of amides is 1. The van der Waals surface area contributed by atoms with Gasteiger partial charge in [-0.1, -0.05) is 18.2 Å². The molecule has 25 heavy (non-hydrogen) atoms. The molecule has 0 bridgehead atoms. The molecule has 1 aromatic rings. The third kappa shape index (κ3) is 3.62. The van der Waals surface area contributed by atoms with Gasteiger partial charge in [0.15, 0.2) is 0 Å². The van der Waals surface area contributed by atoms with Crippen LogP contribution in [0.1, 0.15) is 37.7 Å². The van der Waals surface area contributed by atoms with Gasteiger partial charge in [0.05, 0.1) is 25.4 Å². The van der Waals surface area contributed by atoms with E-state index in [4.69, 9.17) is 9.47 Å². The average molecular weight is 342 g/mol. The Kier molecular flexibility index (Phi) is 5.13. The normalized spacial score (nSPS) is 31.8. The van der Waals surface area contributed by atoms with Gasteiger partial charge in [0.1, 0.15) is 6.10 Å². The predicted octanol–water partition coefficient (Wildman–Crippen LogP) is 2.71. The van der Waals surface area contributed by atoms with E-state index in [1.807, 2.05) is 18.3 Å². The highest BCUT2D eigenvalue weighted by molar-refractivity contribution is 5.79. The van der Waals surface area contributed by atoms with Crippen molar-refractivity contribution < 1.29 is 14.3 Å². The van der Waals surface area contributed by atoms with Crippen molar-refractivity contribution in [3.63, 3.8) is 0 Å². The highest BCUT2D eigenvalue weighted by Gasteiger charge is 2.45. The molecule has 5 heteroatoms. The van der Waals surface area contributed by atoms with Gasteiger partial charge in [-0.2, -0.15) is 0 Å². The molecule has 0 spiro atoms. The smallest absolute Gasteiger partial charge is 0.226 e. The quantitative estimate of drug-likeness (QED) is 0.790. The Morgan fingerprint density at radius 2 is 2.28 bits per heavy atom. The molecule has 2 fully saturated rings. The molecule has 5 nitrogen and oxygen atoms in total. The van der Waals surface area contributed by atoms with E-state index < -0.39 is 0 Å². The summed E-state index contributed by atoms with van der Waals surface area (Å²) in [6, 6.07) is 4.12. The molecule has 4 rings (SSSR count). The molecule has 2 aliphatic carbocycles. The second-order valence-electron chi connectivity index (χ2n) is 7.20. The standard InChI is InChI=1S/C20H26N2O3/c23-20(16-6-2-1-3-7-16)22-11-12-24-19-17(22)8-9-18(19)25-14-15-5-4-10-21-13-15/h1-2,4-5,10,13,16-19H,3,6-9,11-12,14H2/t16-,17-,18-,19+/m0/s1. The summed E-state index contributed by atoms with van der Waals surface area (Å²) in [7, 11) is 0. The van der Waals surface area contributed by atoms with Crippen molar-refractivity contribution in [3.05, 3.63) is 42.2 Å². The number of rotatable bonds is 4. The summed E-state index contributed by atoms with van der Waals surface area (Å²) in [5.41, 5.74) is 1.07. The van der Waals surface area contributed by atoms with E-state index in [2.05, 4.69) is 22.0 Å². The molecule has 0 aromatic carbocycles. The van der Waals surface area contributed by atoms with Crippen molar-refractivity contribution in [1.29, 1.82) is 0 Å². The van der Waals surface area contributed by atoms with E-state index in [-0.39, 0.29) is 24.2 Å². The monoisotopic (exact) mass is 342 g/mol. The average Bonchev–Trinajstić information content (AvgIpc) is 3.10. The van der Waals surface area contributed by atoms with Crippen LogP contribution in [-0.2, 0) is 20.9 Å². The van der Waals surface area contributed by atoms with Gasteiger partial charge in [0.2, 0.25) is 5.91 Å². The topological polar surface area (TPSA) is 51.7 Å². The van der Waals surface area contributed by atoms with Gasteiger partial charge in [-0.05, 0) is 43.7 Å². The maximum absolute atomic E-state index is 13.0. The molecule has 0 unspecified atom stereocenters. The van der Waals surface area contributed by atoms with Crippen LogP contribution >= 0.6 is 0 Å². The number of allylic oxidation sites excluding steroid dienone is 2. The van der Waals surface area contributed by atoms with Crippen LogP contribution in [0.25, 0.3) is 0 Å². The second kappa shape index (κ2) is 7.67. The molecular weight excluding hydrogens is 316 g/mol. The van der Waals surface area contributed by atoms with Crippen LogP contribution in [0.3, 0.4) is 0 Å². The lowest BCUT2D eigenvalue weighted by Crippen LogP contribution is -2.55. The lowest BCUT2D eigenvalue weighted by atomic mass is 9.92. The van der Waals surface area contributed by atoms with E-state index in [1.54, 1.807) is 6.20 Å². The van der Waals surface area contributed by atoms with Crippen LogP contribution in [0.2, 0.25) is 0 Å². The number of morpholine rings is 1. The summed E-state index contributed by atoms with van der Waals surface area (Å²) in [4.78, 5) is 19.2. The summed E-state index contributed by atoms with van der Waals surface area (Å²) in [5.74, 6) is 0.467. The molecule has 1 saturated heterocycles. The van der Waals surface area contributed by atoms with Crippen LogP contribution in [0.4, 0.5) is 0 Å². The van der Waals surface area contributed by atoms with Crippen molar-refractivity contribution in [2.75, 3.05) is 13.2 Å². The number of carbonyl (C=O) groups excluding carboxylic acids is 1. The zero-order valence-electron chi connectivity index (χ0n) is 14.5. The Morgan fingerprint density at radius 3 is 3.08 bits per heavy atom. The molecule has 1 saturated carbocycles. The number of hydrogen-bond donors (Lipinski definition) is 0. The minimum atomic E-state index is 0.00787. The number of fused-ring (bicyclic) bond motifs is 1. The van der Waals surface area contributed by atoms with Crippen LogP contribution < -0.4 is 0 Å². The summed E-state index contributed by atoms with van der Waals surface area (Å²) in [5, 5.41) is 0. The largest absolute Gasteiger partial charge is 0.372 e. The van der Waals surface area contributed by atoms with Crippen molar-refractivity contribution in [1.82, 2.24) is 9.88 Å². The molecule has 1 amide bonds. The molecule has 4 atom stereocenters. The van der Waals surface area contributed by atoms with Gasteiger partial charge in [-0.15, -0.1) is 0 Å². The Bertz CT molecular complexity index is 619. The van der Waals surface area contributed by atoms with E-state index in [0.717, 1.165) is 44.2 Å². The lowest BCUT2D eigenvalue weighted by Gasteiger charge is -2.40. The number of ether oxygens (including phenoxy) is 2. The summed E-state index contributed by atoms with van der Waals surface area (Å²) < 4.78 is 12.1. The van der Waals surface area contributed by atoms with E-state index in [1.165, 1.54) is 0 Å². The fourth-order valence-electron chi connectivity index (χ4n) is 4.31. The molecule has 134 valence electrons. The van der Waals surface area contributed by atoms with Crippen LogP contribution in [0, 0.1) is 5.92 Å². The molecule has 3 aliphatic rings. The fourth-order valence-corrected chi connectivity index (χ4v) is 4.31. The van der Waals surface area contributed by atoms with Crippen molar-refractivity contribution >= 4 is 5.91 Å². The van der Waals surface area contributed by atoms with Crippen LogP contribution in [-0.4, -0.2) is 47.2 Å². The van der Waals surface area contributed by atoms with E-state index in [9.17, 15) is 4.79 Å². The van der Waals surface area contributed by atoms with E-state index >= 15 is 0 Å². The maximum Gasteiger partial charge on any atom is 0.226 e. The molecular formula is C20H26N2O3. The Hall–Kier alpha value is -1.72. The van der Waals surface area contributed by atoms with Crippen LogP contribution in [0.5, 0.6) is 0 Å².